The van der Waals surface area contributed by atoms with Crippen LogP contribution < -0.4 is 4.74 Å². The Morgan fingerprint density at radius 2 is 1.87 bits per heavy atom. The van der Waals surface area contributed by atoms with Crippen molar-refractivity contribution in [3.05, 3.63) is 71.1 Å². The first-order valence-corrected chi connectivity index (χ1v) is 10.0. The van der Waals surface area contributed by atoms with Gasteiger partial charge < -0.3 is 4.74 Å². The first kappa shape index (κ1) is 23.2. The molecule has 4 aromatic rings. The quantitative estimate of drug-likeness (QED) is 0.314. The summed E-state index contributed by atoms with van der Waals surface area (Å²) < 4.78 is 45.1. The van der Waals surface area contributed by atoms with E-state index in [4.69, 9.17) is 16.3 Å². The number of nitrogens with zero attached hydrogens (tertiary/aromatic N) is 4. The molecule has 0 bridgehead atoms. The summed E-state index contributed by atoms with van der Waals surface area (Å²) in [5.41, 5.74) is 2.03. The molecule has 5 nitrogen and oxygen atoms in total. The molecule has 0 aliphatic rings. The van der Waals surface area contributed by atoms with E-state index in [1.165, 1.54) is 31.1 Å². The largest absolute Gasteiger partial charge is 0.481 e. The van der Waals surface area contributed by atoms with E-state index in [0.717, 1.165) is 22.8 Å². The van der Waals surface area contributed by atoms with Crippen molar-refractivity contribution < 1.29 is 17.9 Å². The van der Waals surface area contributed by atoms with Gasteiger partial charge >= 0.3 is 6.18 Å². The Kier molecular flexibility index (Phi) is 6.98. The van der Waals surface area contributed by atoms with Crippen LogP contribution in [-0.4, -0.2) is 26.6 Å². The Labute approximate surface area is 191 Å². The maximum absolute atomic E-state index is 12.7. The fourth-order valence-corrected chi connectivity index (χ4v) is 3.95. The van der Waals surface area contributed by atoms with Gasteiger partial charge in [0, 0.05) is 23.0 Å². The molecule has 0 spiro atoms. The van der Waals surface area contributed by atoms with Crippen LogP contribution in [0.25, 0.3) is 16.7 Å². The second-order valence-electron chi connectivity index (χ2n) is 6.26. The van der Waals surface area contributed by atoms with Gasteiger partial charge in [-0.1, -0.05) is 29.4 Å². The van der Waals surface area contributed by atoms with Gasteiger partial charge in [-0.15, -0.1) is 12.4 Å². The highest BCUT2D eigenvalue weighted by Gasteiger charge is 2.32. The lowest BCUT2D eigenvalue weighted by Crippen LogP contribution is -2.07. The lowest BCUT2D eigenvalue weighted by atomic mass is 10.3. The van der Waals surface area contributed by atoms with Crippen LogP contribution in [0, 0.1) is 0 Å². The average molecular weight is 487 g/mol. The Balaban J connectivity index is 0.00000272. The molecule has 0 saturated carbocycles. The van der Waals surface area contributed by atoms with Gasteiger partial charge in [0.05, 0.1) is 30.0 Å². The number of alkyl halides is 3. The van der Waals surface area contributed by atoms with E-state index >= 15 is 0 Å². The van der Waals surface area contributed by atoms with Gasteiger partial charge in [-0.3, -0.25) is 9.55 Å². The molecule has 0 amide bonds. The predicted molar refractivity (Wildman–Crippen MR) is 116 cm³/mol. The van der Waals surface area contributed by atoms with Crippen LogP contribution >= 0.6 is 35.8 Å². The van der Waals surface area contributed by atoms with Crippen molar-refractivity contribution in [2.24, 2.45) is 0 Å². The summed E-state index contributed by atoms with van der Waals surface area (Å²) in [5.74, 6) is 0.873. The molecular formula is C20H15Cl2F3N4OS. The number of rotatable bonds is 5. The third kappa shape index (κ3) is 5.06. The Hall–Kier alpha value is -2.49. The highest BCUT2D eigenvalue weighted by molar-refractivity contribution is 7.98. The fraction of sp³-hybridized carbons (Fsp3) is 0.150. The highest BCUT2D eigenvalue weighted by Crippen LogP contribution is 2.32. The summed E-state index contributed by atoms with van der Waals surface area (Å²) in [4.78, 5) is 12.4. The molecule has 0 atom stereocenters. The van der Waals surface area contributed by atoms with Crippen molar-refractivity contribution in [1.29, 1.82) is 0 Å². The standard InChI is InChI=1S/C20H14ClF3N4OS.ClH/c1-29-18-7-4-14(10-26-18)28-16-8-13(21)3-5-15(16)27-19(28)30-11-12-2-6-17(25-9-12)20(22,23)24;/h2-10H,11H2,1H3;1H. The first-order chi connectivity index (χ1) is 14.3. The third-order valence-electron chi connectivity index (χ3n) is 4.26. The molecule has 162 valence electrons. The number of thioether (sulfide) groups is 1. The van der Waals surface area contributed by atoms with Crippen LogP contribution in [0.3, 0.4) is 0 Å². The number of pyridine rings is 2. The molecule has 0 aliphatic carbocycles. The molecule has 31 heavy (non-hydrogen) atoms. The number of aromatic nitrogens is 4. The predicted octanol–water partition coefficient (Wildman–Crippen LogP) is 6.21. The Morgan fingerprint density at radius 3 is 2.48 bits per heavy atom. The van der Waals surface area contributed by atoms with E-state index in [-0.39, 0.29) is 12.4 Å². The molecule has 3 aromatic heterocycles. The molecule has 0 unspecified atom stereocenters. The van der Waals surface area contributed by atoms with E-state index in [0.29, 0.717) is 27.4 Å². The maximum atomic E-state index is 12.7. The van der Waals surface area contributed by atoms with Gasteiger partial charge in [0.25, 0.3) is 0 Å². The summed E-state index contributed by atoms with van der Waals surface area (Å²) in [6.45, 7) is 0. The lowest BCUT2D eigenvalue weighted by molar-refractivity contribution is -0.141. The van der Waals surface area contributed by atoms with Crippen LogP contribution in [-0.2, 0) is 11.9 Å². The number of fused-ring (bicyclic) bond motifs is 1. The highest BCUT2D eigenvalue weighted by atomic mass is 35.5. The van der Waals surface area contributed by atoms with E-state index < -0.39 is 11.9 Å². The van der Waals surface area contributed by atoms with Gasteiger partial charge in [-0.2, -0.15) is 13.2 Å². The molecule has 11 heteroatoms. The van der Waals surface area contributed by atoms with Gasteiger partial charge in [0.1, 0.15) is 5.69 Å². The second-order valence-corrected chi connectivity index (χ2v) is 7.64. The molecule has 0 saturated heterocycles. The van der Waals surface area contributed by atoms with Crippen LogP contribution in [0.2, 0.25) is 5.02 Å². The third-order valence-corrected chi connectivity index (χ3v) is 5.50. The number of ether oxygens (including phenoxy) is 1. The van der Waals surface area contributed by atoms with Crippen LogP contribution in [0.15, 0.2) is 60.0 Å². The average Bonchev–Trinajstić information content (AvgIpc) is 3.09. The second kappa shape index (κ2) is 9.33. The molecule has 1 aromatic carbocycles. The van der Waals surface area contributed by atoms with Crippen molar-refractivity contribution in [2.45, 2.75) is 17.1 Å². The number of hydrogen-bond donors (Lipinski definition) is 0. The number of halogens is 5. The number of imidazole rings is 1. The molecule has 0 fully saturated rings. The van der Waals surface area contributed by atoms with Crippen LogP contribution in [0.5, 0.6) is 5.88 Å². The van der Waals surface area contributed by atoms with Crippen LogP contribution in [0.4, 0.5) is 13.2 Å². The smallest absolute Gasteiger partial charge is 0.433 e. The zero-order valence-corrected chi connectivity index (χ0v) is 18.3. The van der Waals surface area contributed by atoms with E-state index in [1.54, 1.807) is 24.4 Å². The van der Waals surface area contributed by atoms with Crippen molar-refractivity contribution in [1.82, 2.24) is 19.5 Å². The first-order valence-electron chi connectivity index (χ1n) is 8.68. The summed E-state index contributed by atoms with van der Waals surface area (Å²) in [6.07, 6.45) is -1.57. The minimum Gasteiger partial charge on any atom is -0.481 e. The zero-order chi connectivity index (χ0) is 21.3. The topological polar surface area (TPSA) is 52.8 Å². The van der Waals surface area contributed by atoms with Gasteiger partial charge in [0.2, 0.25) is 5.88 Å². The van der Waals surface area contributed by atoms with Gasteiger partial charge in [0.15, 0.2) is 5.16 Å². The zero-order valence-electron chi connectivity index (χ0n) is 15.9. The number of benzene rings is 1. The van der Waals surface area contributed by atoms with E-state index in [1.807, 2.05) is 16.7 Å². The van der Waals surface area contributed by atoms with Crippen LogP contribution in [0.1, 0.15) is 11.3 Å². The minimum atomic E-state index is -4.46. The van der Waals surface area contributed by atoms with Crippen molar-refractivity contribution in [2.75, 3.05) is 7.11 Å². The minimum absolute atomic E-state index is 0. The molecule has 4 rings (SSSR count). The molecular weight excluding hydrogens is 472 g/mol. The van der Waals surface area contributed by atoms with Crippen molar-refractivity contribution >= 4 is 46.8 Å². The summed E-state index contributed by atoms with van der Waals surface area (Å²) >= 11 is 7.55. The maximum Gasteiger partial charge on any atom is 0.433 e. The molecule has 0 radical (unpaired) electrons. The summed E-state index contributed by atoms with van der Waals surface area (Å²) in [6, 6.07) is 11.3. The van der Waals surface area contributed by atoms with Gasteiger partial charge in [-0.25, -0.2) is 9.97 Å². The summed E-state index contributed by atoms with van der Waals surface area (Å²) in [7, 11) is 1.54. The molecule has 0 aliphatic heterocycles. The molecule has 0 N–H and O–H groups in total. The Morgan fingerprint density at radius 1 is 1.06 bits per heavy atom. The van der Waals surface area contributed by atoms with E-state index in [9.17, 15) is 13.2 Å². The Bertz CT molecular complexity index is 1180. The summed E-state index contributed by atoms with van der Waals surface area (Å²) in [5, 5.41) is 1.22. The number of methoxy groups -OCH3 is 1. The van der Waals surface area contributed by atoms with Crippen molar-refractivity contribution in [3.8, 4) is 11.6 Å². The van der Waals surface area contributed by atoms with Gasteiger partial charge in [-0.05, 0) is 35.9 Å². The lowest BCUT2D eigenvalue weighted by Gasteiger charge is -2.10. The SMILES string of the molecule is COc1ccc(-n2c(SCc3ccc(C(F)(F)F)nc3)nc3ccc(Cl)cc32)cn1.Cl. The molecule has 3 heterocycles. The normalized spacial score (nSPS) is 11.4. The fourth-order valence-electron chi connectivity index (χ4n) is 2.82. The monoisotopic (exact) mass is 486 g/mol. The van der Waals surface area contributed by atoms with Crippen molar-refractivity contribution in [3.63, 3.8) is 0 Å². The number of hydrogen-bond acceptors (Lipinski definition) is 5. The van der Waals surface area contributed by atoms with E-state index in [2.05, 4.69) is 15.0 Å².